The van der Waals surface area contributed by atoms with Crippen LogP contribution in [0.4, 0.5) is 10.3 Å². The Labute approximate surface area is 209 Å². The number of anilines is 1. The molecule has 0 bridgehead atoms. The summed E-state index contributed by atoms with van der Waals surface area (Å²) < 4.78 is 18.1. The fourth-order valence-corrected chi connectivity index (χ4v) is 6.01. The topological polar surface area (TPSA) is 93.2 Å². The van der Waals surface area contributed by atoms with Crippen LogP contribution in [0.2, 0.25) is 0 Å². The summed E-state index contributed by atoms with van der Waals surface area (Å²) in [5, 5.41) is 1.03. The van der Waals surface area contributed by atoms with E-state index in [-0.39, 0.29) is 30.7 Å². The zero-order chi connectivity index (χ0) is 24.4. The number of nitrogens with two attached hydrogens (primary N) is 1. The first kappa shape index (κ1) is 24.0. The Bertz CT molecular complexity index is 1170. The van der Waals surface area contributed by atoms with Crippen LogP contribution in [0.3, 0.4) is 0 Å². The van der Waals surface area contributed by atoms with E-state index in [1.165, 1.54) is 0 Å². The molecule has 35 heavy (non-hydrogen) atoms. The van der Waals surface area contributed by atoms with Crippen molar-refractivity contribution in [2.24, 2.45) is 0 Å². The SMILES string of the molecule is CCSc1nc2ccccc2n1C1CCN(C(=O)C2(F)CCN(Cc3cnc(N)nc3)CC2)CC1. The number of rotatable bonds is 6. The van der Waals surface area contributed by atoms with Gasteiger partial charge in [0.15, 0.2) is 10.8 Å². The molecule has 1 amide bonds. The van der Waals surface area contributed by atoms with Gasteiger partial charge >= 0.3 is 0 Å². The zero-order valence-electron chi connectivity index (χ0n) is 20.1. The molecule has 2 N–H and O–H groups in total. The number of amides is 1. The number of nitrogen functional groups attached to an aromatic ring is 1. The minimum absolute atomic E-state index is 0.213. The molecule has 2 aliphatic heterocycles. The number of piperidine rings is 2. The van der Waals surface area contributed by atoms with Crippen LogP contribution >= 0.6 is 11.8 Å². The molecule has 2 aliphatic rings. The van der Waals surface area contributed by atoms with Crippen LogP contribution in [0.15, 0.2) is 41.8 Å². The number of hydrogen-bond acceptors (Lipinski definition) is 7. The van der Waals surface area contributed by atoms with E-state index >= 15 is 4.39 Å². The van der Waals surface area contributed by atoms with Gasteiger partial charge in [-0.2, -0.15) is 0 Å². The number of imidazole rings is 1. The Kier molecular flexibility index (Phi) is 6.93. The van der Waals surface area contributed by atoms with Crippen molar-refractivity contribution in [2.45, 2.75) is 56.0 Å². The summed E-state index contributed by atoms with van der Waals surface area (Å²) in [6, 6.07) is 8.47. The lowest BCUT2D eigenvalue weighted by Crippen LogP contribution is -2.53. The van der Waals surface area contributed by atoms with Gasteiger partial charge in [0.1, 0.15) is 0 Å². The van der Waals surface area contributed by atoms with Gasteiger partial charge in [-0.1, -0.05) is 30.8 Å². The van der Waals surface area contributed by atoms with E-state index in [1.54, 1.807) is 29.1 Å². The second kappa shape index (κ2) is 10.1. The van der Waals surface area contributed by atoms with Crippen LogP contribution in [-0.2, 0) is 11.3 Å². The third-order valence-corrected chi connectivity index (χ3v) is 7.95. The van der Waals surface area contributed by atoms with Gasteiger partial charge in [0.25, 0.3) is 5.91 Å². The van der Waals surface area contributed by atoms with Crippen molar-refractivity contribution in [2.75, 3.05) is 37.7 Å². The molecule has 10 heteroatoms. The Morgan fingerprint density at radius 3 is 2.51 bits per heavy atom. The van der Waals surface area contributed by atoms with Crippen molar-refractivity contribution in [1.29, 1.82) is 0 Å². The molecule has 0 saturated carbocycles. The predicted molar refractivity (Wildman–Crippen MR) is 136 cm³/mol. The van der Waals surface area contributed by atoms with Crippen LogP contribution < -0.4 is 5.73 Å². The maximum absolute atomic E-state index is 15.8. The molecule has 5 rings (SSSR count). The molecule has 2 aromatic heterocycles. The van der Waals surface area contributed by atoms with Crippen molar-refractivity contribution in [1.82, 2.24) is 29.3 Å². The van der Waals surface area contributed by atoms with Gasteiger partial charge < -0.3 is 15.2 Å². The fraction of sp³-hybridized carbons (Fsp3) is 0.520. The van der Waals surface area contributed by atoms with Crippen LogP contribution in [0.25, 0.3) is 11.0 Å². The van der Waals surface area contributed by atoms with Crippen molar-refractivity contribution >= 4 is 34.7 Å². The van der Waals surface area contributed by atoms with Crippen LogP contribution in [0, 0.1) is 0 Å². The summed E-state index contributed by atoms with van der Waals surface area (Å²) in [4.78, 5) is 30.0. The molecular weight excluding hydrogens is 465 g/mol. The lowest BCUT2D eigenvalue weighted by molar-refractivity contribution is -0.149. The highest BCUT2D eigenvalue weighted by Crippen LogP contribution is 2.35. The van der Waals surface area contributed by atoms with Crippen molar-refractivity contribution in [3.8, 4) is 0 Å². The molecule has 186 valence electrons. The number of thioether (sulfide) groups is 1. The van der Waals surface area contributed by atoms with Crippen LogP contribution in [0.5, 0.6) is 0 Å². The second-order valence-corrected chi connectivity index (χ2v) is 10.6. The molecule has 2 fully saturated rings. The van der Waals surface area contributed by atoms with E-state index in [2.05, 4.69) is 32.4 Å². The number of hydrogen-bond donors (Lipinski definition) is 1. The number of likely N-dealkylation sites (tertiary alicyclic amines) is 2. The minimum Gasteiger partial charge on any atom is -0.368 e. The molecule has 0 atom stereocenters. The number of alkyl halides is 1. The fourth-order valence-electron chi connectivity index (χ4n) is 5.20. The molecule has 0 unspecified atom stereocenters. The minimum atomic E-state index is -1.79. The largest absolute Gasteiger partial charge is 0.368 e. The summed E-state index contributed by atoms with van der Waals surface area (Å²) in [5.74, 6) is 0.851. The molecule has 1 aromatic carbocycles. The number of para-hydroxylation sites is 2. The van der Waals surface area contributed by atoms with Gasteiger partial charge in [-0.25, -0.2) is 19.3 Å². The molecule has 3 aromatic rings. The molecule has 4 heterocycles. The maximum Gasteiger partial charge on any atom is 0.260 e. The Balaban J connectivity index is 1.19. The third kappa shape index (κ3) is 4.99. The van der Waals surface area contributed by atoms with Crippen molar-refractivity contribution in [3.05, 3.63) is 42.2 Å². The number of benzene rings is 1. The standard InChI is InChI=1S/C25H32FN7OS/c1-2-35-24-30-20-5-3-4-6-21(20)33(24)19-7-11-32(12-8-19)22(34)25(26)9-13-31(14-10-25)17-18-15-28-23(27)29-16-18/h3-6,15-16,19H,2,7-14,17H2,1H3,(H2,27,28,29). The van der Waals surface area contributed by atoms with E-state index in [4.69, 9.17) is 10.7 Å². The Hall–Kier alpha value is -2.72. The van der Waals surface area contributed by atoms with Crippen molar-refractivity contribution in [3.63, 3.8) is 0 Å². The Morgan fingerprint density at radius 2 is 1.83 bits per heavy atom. The number of fused-ring (bicyclic) bond motifs is 1. The third-order valence-electron chi connectivity index (χ3n) is 7.12. The Morgan fingerprint density at radius 1 is 1.14 bits per heavy atom. The molecule has 0 spiro atoms. The van der Waals surface area contributed by atoms with Crippen molar-refractivity contribution < 1.29 is 9.18 Å². The van der Waals surface area contributed by atoms with Gasteiger partial charge in [-0.15, -0.1) is 0 Å². The van der Waals surface area contributed by atoms with Gasteiger partial charge in [-0.05, 0) is 30.7 Å². The highest BCUT2D eigenvalue weighted by atomic mass is 32.2. The monoisotopic (exact) mass is 497 g/mol. The second-order valence-electron chi connectivity index (χ2n) is 9.40. The number of halogens is 1. The maximum atomic E-state index is 15.8. The van der Waals surface area contributed by atoms with Crippen LogP contribution in [-0.4, -0.2) is 72.8 Å². The summed E-state index contributed by atoms with van der Waals surface area (Å²) in [5.41, 5.74) is 6.83. The van der Waals surface area contributed by atoms with Gasteiger partial charge in [-0.3, -0.25) is 9.69 Å². The molecule has 8 nitrogen and oxygen atoms in total. The van der Waals surface area contributed by atoms with Gasteiger partial charge in [0, 0.05) is 69.6 Å². The summed E-state index contributed by atoms with van der Waals surface area (Å²) in [6.07, 6.45) is 5.44. The molecule has 2 saturated heterocycles. The van der Waals surface area contributed by atoms with E-state index in [0.29, 0.717) is 32.7 Å². The van der Waals surface area contributed by atoms with E-state index in [9.17, 15) is 4.79 Å². The number of nitrogens with zero attached hydrogens (tertiary/aromatic N) is 6. The zero-order valence-corrected chi connectivity index (χ0v) is 20.9. The molecular formula is C25H32FN7OS. The number of carbonyl (C=O) groups is 1. The molecule has 0 aliphatic carbocycles. The van der Waals surface area contributed by atoms with Crippen LogP contribution in [0.1, 0.15) is 44.2 Å². The number of carbonyl (C=O) groups excluding carboxylic acids is 1. The van der Waals surface area contributed by atoms with E-state index in [1.807, 2.05) is 18.2 Å². The molecule has 0 radical (unpaired) electrons. The predicted octanol–water partition coefficient (Wildman–Crippen LogP) is 3.69. The average Bonchev–Trinajstić information content (AvgIpc) is 3.25. The average molecular weight is 498 g/mol. The highest BCUT2D eigenvalue weighted by molar-refractivity contribution is 7.99. The first-order chi connectivity index (χ1) is 17.0. The lowest BCUT2D eigenvalue weighted by atomic mass is 9.90. The summed E-state index contributed by atoms with van der Waals surface area (Å²) in [7, 11) is 0. The van der Waals surface area contributed by atoms with E-state index < -0.39 is 5.67 Å². The van der Waals surface area contributed by atoms with Gasteiger partial charge in [0.2, 0.25) is 5.95 Å². The summed E-state index contributed by atoms with van der Waals surface area (Å²) >= 11 is 1.74. The highest BCUT2D eigenvalue weighted by Gasteiger charge is 2.45. The lowest BCUT2D eigenvalue weighted by Gasteiger charge is -2.40. The first-order valence-electron chi connectivity index (χ1n) is 12.3. The van der Waals surface area contributed by atoms with Gasteiger partial charge in [0.05, 0.1) is 11.0 Å². The first-order valence-corrected chi connectivity index (χ1v) is 13.3. The quantitative estimate of drug-likeness (QED) is 0.519. The number of aromatic nitrogens is 4. The smallest absolute Gasteiger partial charge is 0.260 e. The van der Waals surface area contributed by atoms with E-state index in [0.717, 1.165) is 40.3 Å². The normalized spacial score (nSPS) is 19.3. The summed E-state index contributed by atoms with van der Waals surface area (Å²) in [6.45, 7) is 4.97.